The molecule has 2 aromatic rings. The zero-order valence-corrected chi connectivity index (χ0v) is 10.9. The summed E-state index contributed by atoms with van der Waals surface area (Å²) in [5.74, 6) is -0.220. The van der Waals surface area contributed by atoms with Crippen molar-refractivity contribution < 1.29 is 23.8 Å². The maximum absolute atomic E-state index is 11.8. The van der Waals surface area contributed by atoms with Gasteiger partial charge < -0.3 is 19.0 Å². The molecule has 0 saturated carbocycles. The lowest BCUT2D eigenvalue weighted by atomic mass is 10.1. The van der Waals surface area contributed by atoms with E-state index in [1.165, 1.54) is 32.4 Å². The van der Waals surface area contributed by atoms with Gasteiger partial charge in [-0.2, -0.15) is 0 Å². The Morgan fingerprint density at radius 1 is 1.30 bits per heavy atom. The van der Waals surface area contributed by atoms with Crippen molar-refractivity contribution in [2.45, 2.75) is 0 Å². The fraction of sp³-hybridized carbons (Fsp3) is 0.143. The number of ether oxygens (including phenoxy) is 2. The van der Waals surface area contributed by atoms with Gasteiger partial charge in [-0.3, -0.25) is 0 Å². The molecular formula is C14H12O6. The summed E-state index contributed by atoms with van der Waals surface area (Å²) in [6.07, 6.45) is 2.44. The number of hydrogen-bond acceptors (Lipinski definition) is 6. The summed E-state index contributed by atoms with van der Waals surface area (Å²) in [6.45, 7) is 0. The molecule has 0 spiro atoms. The highest BCUT2D eigenvalue weighted by molar-refractivity contribution is 5.90. The fourth-order valence-electron chi connectivity index (χ4n) is 1.72. The Labute approximate surface area is 113 Å². The number of rotatable bonds is 3. The van der Waals surface area contributed by atoms with Crippen molar-refractivity contribution in [1.29, 1.82) is 0 Å². The van der Waals surface area contributed by atoms with Crippen LogP contribution in [-0.4, -0.2) is 25.3 Å². The van der Waals surface area contributed by atoms with Crippen molar-refractivity contribution >= 4 is 22.8 Å². The largest absolute Gasteiger partial charge is 0.507 e. The highest BCUT2D eigenvalue weighted by atomic mass is 16.5. The van der Waals surface area contributed by atoms with Crippen molar-refractivity contribution in [1.82, 2.24) is 0 Å². The fourth-order valence-corrected chi connectivity index (χ4v) is 1.72. The minimum Gasteiger partial charge on any atom is -0.507 e. The summed E-state index contributed by atoms with van der Waals surface area (Å²) < 4.78 is 14.4. The van der Waals surface area contributed by atoms with Gasteiger partial charge in [-0.05, 0) is 18.2 Å². The first kappa shape index (κ1) is 13.7. The second-order valence-corrected chi connectivity index (χ2v) is 3.90. The molecule has 6 nitrogen and oxygen atoms in total. The maximum Gasteiger partial charge on any atom is 0.347 e. The molecule has 6 heteroatoms. The van der Waals surface area contributed by atoms with Crippen LogP contribution in [0.5, 0.6) is 11.5 Å². The number of phenolic OH excluding ortho intramolecular Hbond substituents is 1. The summed E-state index contributed by atoms with van der Waals surface area (Å²) >= 11 is 0. The maximum atomic E-state index is 11.8. The number of hydrogen-bond donors (Lipinski definition) is 1. The second-order valence-electron chi connectivity index (χ2n) is 3.90. The SMILES string of the molecule is COC(=O)/C=C\c1cc2cc(OC)cc(O)c2c(=O)o1. The van der Waals surface area contributed by atoms with Crippen LogP contribution in [0.1, 0.15) is 5.76 Å². The van der Waals surface area contributed by atoms with Crippen LogP contribution in [0.4, 0.5) is 0 Å². The molecule has 2 rings (SSSR count). The Morgan fingerprint density at radius 2 is 2.05 bits per heavy atom. The molecule has 0 saturated heterocycles. The molecule has 0 unspecified atom stereocenters. The van der Waals surface area contributed by atoms with E-state index in [2.05, 4.69) is 4.74 Å². The average molecular weight is 276 g/mol. The van der Waals surface area contributed by atoms with Gasteiger partial charge in [0.25, 0.3) is 0 Å². The predicted molar refractivity (Wildman–Crippen MR) is 71.8 cm³/mol. The Morgan fingerprint density at radius 3 is 2.70 bits per heavy atom. The van der Waals surface area contributed by atoms with E-state index in [1.54, 1.807) is 6.07 Å². The lowest BCUT2D eigenvalue weighted by molar-refractivity contribution is -0.134. The van der Waals surface area contributed by atoms with Crippen LogP contribution >= 0.6 is 0 Å². The number of carbonyl (C=O) groups is 1. The van der Waals surface area contributed by atoms with E-state index in [9.17, 15) is 14.7 Å². The number of aromatic hydroxyl groups is 1. The molecule has 0 aliphatic rings. The number of phenols is 1. The molecule has 1 N–H and O–H groups in total. The van der Waals surface area contributed by atoms with E-state index < -0.39 is 11.6 Å². The highest BCUT2D eigenvalue weighted by Crippen LogP contribution is 2.28. The number of carbonyl (C=O) groups excluding carboxylic acids is 1. The van der Waals surface area contributed by atoms with Crippen LogP contribution in [0.15, 0.2) is 33.5 Å². The number of fused-ring (bicyclic) bond motifs is 1. The zero-order valence-electron chi connectivity index (χ0n) is 10.9. The summed E-state index contributed by atoms with van der Waals surface area (Å²) in [7, 11) is 2.69. The van der Waals surface area contributed by atoms with Gasteiger partial charge >= 0.3 is 11.6 Å². The van der Waals surface area contributed by atoms with E-state index >= 15 is 0 Å². The topological polar surface area (TPSA) is 86.0 Å². The van der Waals surface area contributed by atoms with Crippen molar-refractivity contribution in [3.63, 3.8) is 0 Å². The minimum absolute atomic E-state index is 0.0565. The van der Waals surface area contributed by atoms with Crippen molar-refractivity contribution in [3.8, 4) is 11.5 Å². The third-order valence-corrected chi connectivity index (χ3v) is 2.65. The van der Waals surface area contributed by atoms with Gasteiger partial charge in [-0.15, -0.1) is 0 Å². The van der Waals surface area contributed by atoms with Gasteiger partial charge in [-0.1, -0.05) is 0 Å². The molecule has 1 heterocycles. The summed E-state index contributed by atoms with van der Waals surface area (Å²) in [5, 5.41) is 10.3. The molecule has 0 fully saturated rings. The number of esters is 1. The molecule has 0 radical (unpaired) electrons. The van der Waals surface area contributed by atoms with Gasteiger partial charge in [0.15, 0.2) is 0 Å². The molecule has 1 aromatic carbocycles. The van der Waals surface area contributed by atoms with Crippen LogP contribution in [0.25, 0.3) is 16.8 Å². The lowest BCUT2D eigenvalue weighted by Crippen LogP contribution is -2.01. The molecule has 104 valence electrons. The smallest absolute Gasteiger partial charge is 0.347 e. The molecule has 0 bridgehead atoms. The minimum atomic E-state index is -0.702. The first-order chi connectivity index (χ1) is 9.55. The first-order valence-electron chi connectivity index (χ1n) is 5.66. The highest BCUT2D eigenvalue weighted by Gasteiger charge is 2.10. The standard InChI is InChI=1S/C14H12O6/c1-18-10-6-8-5-9(3-4-12(16)19-2)20-14(17)13(8)11(15)7-10/h3-7,15H,1-2H3/b4-3-. The number of benzene rings is 1. The summed E-state index contributed by atoms with van der Waals surface area (Å²) in [6, 6.07) is 4.42. The summed E-state index contributed by atoms with van der Waals surface area (Å²) in [5.41, 5.74) is -0.702. The Bertz CT molecular complexity index is 741. The molecule has 0 atom stereocenters. The lowest BCUT2D eigenvalue weighted by Gasteiger charge is -2.04. The normalized spacial score (nSPS) is 10.9. The molecule has 20 heavy (non-hydrogen) atoms. The second kappa shape index (κ2) is 5.48. The molecule has 0 aliphatic carbocycles. The third-order valence-electron chi connectivity index (χ3n) is 2.65. The van der Waals surface area contributed by atoms with Crippen molar-refractivity contribution in [2.24, 2.45) is 0 Å². The van der Waals surface area contributed by atoms with Gasteiger partial charge in [-0.25, -0.2) is 9.59 Å². The van der Waals surface area contributed by atoms with Gasteiger partial charge in [0.2, 0.25) is 0 Å². The van der Waals surface area contributed by atoms with Crippen molar-refractivity contribution in [2.75, 3.05) is 14.2 Å². The Kier molecular flexibility index (Phi) is 3.74. The van der Waals surface area contributed by atoms with E-state index in [4.69, 9.17) is 9.15 Å². The number of methoxy groups -OCH3 is 2. The Hall–Kier alpha value is -2.76. The van der Waals surface area contributed by atoms with Crippen LogP contribution in [-0.2, 0) is 9.53 Å². The zero-order chi connectivity index (χ0) is 14.7. The van der Waals surface area contributed by atoms with E-state index in [0.717, 1.165) is 6.08 Å². The first-order valence-corrected chi connectivity index (χ1v) is 5.66. The van der Waals surface area contributed by atoms with E-state index in [-0.39, 0.29) is 16.9 Å². The molecule has 0 aliphatic heterocycles. The van der Waals surface area contributed by atoms with E-state index in [0.29, 0.717) is 11.1 Å². The summed E-state index contributed by atoms with van der Waals surface area (Å²) in [4.78, 5) is 22.8. The van der Waals surface area contributed by atoms with Gasteiger partial charge in [0.1, 0.15) is 22.6 Å². The quantitative estimate of drug-likeness (QED) is 0.678. The van der Waals surface area contributed by atoms with Crippen LogP contribution < -0.4 is 10.4 Å². The van der Waals surface area contributed by atoms with Crippen LogP contribution in [0.3, 0.4) is 0 Å². The molecule has 0 amide bonds. The van der Waals surface area contributed by atoms with Crippen LogP contribution in [0.2, 0.25) is 0 Å². The third kappa shape index (κ3) is 2.64. The van der Waals surface area contributed by atoms with Gasteiger partial charge in [0.05, 0.1) is 14.2 Å². The monoisotopic (exact) mass is 276 g/mol. The molecule has 1 aromatic heterocycles. The van der Waals surface area contributed by atoms with Crippen molar-refractivity contribution in [3.05, 3.63) is 40.5 Å². The average Bonchev–Trinajstić information content (AvgIpc) is 2.43. The Balaban J connectivity index is 2.59. The van der Waals surface area contributed by atoms with Crippen LogP contribution in [0, 0.1) is 0 Å². The van der Waals surface area contributed by atoms with Gasteiger partial charge in [0, 0.05) is 17.5 Å². The van der Waals surface area contributed by atoms with E-state index in [1.807, 2.05) is 0 Å². The predicted octanol–water partition coefficient (Wildman–Crippen LogP) is 1.69. The molecular weight excluding hydrogens is 264 g/mol.